The van der Waals surface area contributed by atoms with Crippen molar-refractivity contribution in [1.29, 1.82) is 0 Å². The van der Waals surface area contributed by atoms with Crippen LogP contribution >= 0.6 is 0 Å². The number of alkyl halides is 3. The lowest BCUT2D eigenvalue weighted by Crippen LogP contribution is -2.44. The first-order valence-corrected chi connectivity index (χ1v) is 10.9. The lowest BCUT2D eigenvalue weighted by Gasteiger charge is -2.37. The lowest BCUT2D eigenvalue weighted by atomic mass is 9.92. The van der Waals surface area contributed by atoms with Crippen molar-refractivity contribution in [2.75, 3.05) is 19.6 Å². The summed E-state index contributed by atoms with van der Waals surface area (Å²) in [5, 5.41) is 3.31. The van der Waals surface area contributed by atoms with Crippen molar-refractivity contribution >= 4 is 5.91 Å². The van der Waals surface area contributed by atoms with Gasteiger partial charge in [-0.05, 0) is 85.1 Å². The minimum Gasteiger partial charge on any atom is -0.406 e. The molecule has 1 amide bonds. The van der Waals surface area contributed by atoms with Crippen LogP contribution in [0.15, 0.2) is 42.5 Å². The number of nitrogens with one attached hydrogen (secondary N) is 1. The number of hydrogen-bond donors (Lipinski definition) is 1. The molecule has 2 atom stereocenters. The molecule has 31 heavy (non-hydrogen) atoms. The monoisotopic (exact) mass is 430 g/mol. The standard InChI is InChI=1S/C24H25F3N2O2/c25-24(26,27)31-19-3-1-2-16(12-19)17-4-5-20-18-8-11-29(22(14-18)21(20)13-17)23(30)15-6-9-28-10-7-15/h1-5,12-13,15,18,22,28H,6-11,14H2. The Balaban J connectivity index is 1.43. The van der Waals surface area contributed by atoms with Gasteiger partial charge in [0.15, 0.2) is 0 Å². The molecular formula is C24H25F3N2O2. The van der Waals surface area contributed by atoms with Gasteiger partial charge in [-0.1, -0.05) is 24.3 Å². The summed E-state index contributed by atoms with van der Waals surface area (Å²) in [6.07, 6.45) is -1.06. The number of hydrogen-bond acceptors (Lipinski definition) is 3. The normalized spacial score (nSPS) is 23.5. The predicted molar refractivity (Wildman–Crippen MR) is 111 cm³/mol. The fraction of sp³-hybridized carbons (Fsp3) is 0.458. The van der Waals surface area contributed by atoms with Crippen LogP contribution in [0.4, 0.5) is 13.2 Å². The number of piperidine rings is 2. The van der Waals surface area contributed by atoms with E-state index in [1.807, 2.05) is 6.07 Å². The van der Waals surface area contributed by atoms with Gasteiger partial charge in [-0.15, -0.1) is 13.2 Å². The van der Waals surface area contributed by atoms with Gasteiger partial charge in [0.2, 0.25) is 5.91 Å². The zero-order valence-corrected chi connectivity index (χ0v) is 17.1. The summed E-state index contributed by atoms with van der Waals surface area (Å²) in [5.74, 6) is 0.558. The molecule has 3 aliphatic rings. The number of fused-ring (bicyclic) bond motifs is 5. The topological polar surface area (TPSA) is 41.6 Å². The first-order chi connectivity index (χ1) is 14.9. The first-order valence-electron chi connectivity index (χ1n) is 10.9. The Morgan fingerprint density at radius 1 is 1.00 bits per heavy atom. The van der Waals surface area contributed by atoms with Crippen molar-refractivity contribution < 1.29 is 22.7 Å². The van der Waals surface area contributed by atoms with E-state index in [0.717, 1.165) is 56.4 Å². The summed E-state index contributed by atoms with van der Waals surface area (Å²) in [7, 11) is 0. The molecule has 2 saturated heterocycles. The van der Waals surface area contributed by atoms with E-state index in [0.29, 0.717) is 11.5 Å². The maximum Gasteiger partial charge on any atom is 0.573 e. The van der Waals surface area contributed by atoms with Gasteiger partial charge in [0.25, 0.3) is 0 Å². The summed E-state index contributed by atoms with van der Waals surface area (Å²) in [6, 6.07) is 12.2. The average Bonchev–Trinajstić information content (AvgIpc) is 3.04. The molecule has 2 aromatic carbocycles. The van der Waals surface area contributed by atoms with Gasteiger partial charge in [0, 0.05) is 12.5 Å². The molecule has 2 unspecified atom stereocenters. The number of carbonyl (C=O) groups excluding carboxylic acids is 1. The Kier molecular flexibility index (Phi) is 5.16. The number of carbonyl (C=O) groups is 1. The van der Waals surface area contributed by atoms with Crippen molar-refractivity contribution in [2.45, 2.75) is 44.0 Å². The Morgan fingerprint density at radius 3 is 2.55 bits per heavy atom. The minimum atomic E-state index is -4.72. The smallest absolute Gasteiger partial charge is 0.406 e. The molecule has 4 nitrogen and oxygen atoms in total. The van der Waals surface area contributed by atoms with E-state index in [9.17, 15) is 18.0 Å². The third kappa shape index (κ3) is 4.03. The van der Waals surface area contributed by atoms with Gasteiger partial charge in [-0.3, -0.25) is 4.79 Å². The summed E-state index contributed by atoms with van der Waals surface area (Å²) in [4.78, 5) is 15.3. The molecule has 2 aromatic rings. The number of likely N-dealkylation sites (tertiary alicyclic amines) is 1. The highest BCUT2D eigenvalue weighted by molar-refractivity contribution is 5.80. The number of nitrogens with zero attached hydrogens (tertiary/aromatic N) is 1. The third-order valence-corrected chi connectivity index (χ3v) is 6.86. The van der Waals surface area contributed by atoms with Gasteiger partial charge < -0.3 is 15.0 Å². The van der Waals surface area contributed by atoms with Crippen molar-refractivity contribution in [3.63, 3.8) is 0 Å². The second-order valence-electron chi connectivity index (χ2n) is 8.71. The molecule has 1 N–H and O–H groups in total. The van der Waals surface area contributed by atoms with Gasteiger partial charge in [0.05, 0.1) is 6.04 Å². The van der Waals surface area contributed by atoms with E-state index in [4.69, 9.17) is 0 Å². The Hall–Kier alpha value is -2.54. The quantitative estimate of drug-likeness (QED) is 0.744. The number of amides is 1. The molecule has 0 spiro atoms. The summed E-state index contributed by atoms with van der Waals surface area (Å²) in [5.41, 5.74) is 3.93. The van der Waals surface area contributed by atoms with Crippen LogP contribution < -0.4 is 10.1 Å². The maximum atomic E-state index is 13.3. The van der Waals surface area contributed by atoms with Crippen LogP contribution in [-0.2, 0) is 4.79 Å². The molecule has 0 saturated carbocycles. The largest absolute Gasteiger partial charge is 0.573 e. The SMILES string of the molecule is O=C(C1CCNCC1)N1CCC2CC1c1cc(-c3cccc(OC(F)(F)F)c3)ccc12. The highest BCUT2D eigenvalue weighted by Gasteiger charge is 2.42. The first kappa shape index (κ1) is 20.4. The average molecular weight is 430 g/mol. The van der Waals surface area contributed by atoms with Crippen LogP contribution in [0.25, 0.3) is 11.1 Å². The number of halogens is 3. The second-order valence-corrected chi connectivity index (χ2v) is 8.71. The van der Waals surface area contributed by atoms with E-state index in [1.54, 1.807) is 12.1 Å². The molecule has 2 fully saturated rings. The number of benzene rings is 2. The van der Waals surface area contributed by atoms with Crippen LogP contribution in [0.2, 0.25) is 0 Å². The predicted octanol–water partition coefficient (Wildman–Crippen LogP) is 5.01. The van der Waals surface area contributed by atoms with E-state index in [2.05, 4.69) is 27.1 Å². The zero-order chi connectivity index (χ0) is 21.6. The van der Waals surface area contributed by atoms with E-state index in [-0.39, 0.29) is 23.6 Å². The van der Waals surface area contributed by atoms with Crippen molar-refractivity contribution in [2.24, 2.45) is 5.92 Å². The van der Waals surface area contributed by atoms with Gasteiger partial charge in [-0.2, -0.15) is 0 Å². The molecule has 1 aliphatic carbocycles. The summed E-state index contributed by atoms with van der Waals surface area (Å²) >= 11 is 0. The summed E-state index contributed by atoms with van der Waals surface area (Å²) < 4.78 is 41.9. The molecule has 7 heteroatoms. The fourth-order valence-corrected chi connectivity index (χ4v) is 5.40. The Labute approximate surface area is 179 Å². The Bertz CT molecular complexity index is 985. The number of rotatable bonds is 3. The molecule has 5 rings (SSSR count). The molecule has 2 bridgehead atoms. The van der Waals surface area contributed by atoms with Crippen molar-refractivity contribution in [3.05, 3.63) is 53.6 Å². The third-order valence-electron chi connectivity index (χ3n) is 6.86. The minimum absolute atomic E-state index is 0.0608. The van der Waals surface area contributed by atoms with Crippen LogP contribution in [-0.4, -0.2) is 36.8 Å². The molecule has 2 heterocycles. The highest BCUT2D eigenvalue weighted by Crippen LogP contribution is 2.50. The van der Waals surface area contributed by atoms with Crippen LogP contribution in [0.5, 0.6) is 5.75 Å². The fourth-order valence-electron chi connectivity index (χ4n) is 5.40. The van der Waals surface area contributed by atoms with Crippen LogP contribution in [0, 0.1) is 5.92 Å². The molecule has 164 valence electrons. The van der Waals surface area contributed by atoms with E-state index < -0.39 is 6.36 Å². The summed E-state index contributed by atoms with van der Waals surface area (Å²) in [6.45, 7) is 2.54. The zero-order valence-electron chi connectivity index (χ0n) is 17.1. The molecule has 0 aromatic heterocycles. The number of ether oxygens (including phenoxy) is 1. The second kappa shape index (κ2) is 7.86. The van der Waals surface area contributed by atoms with Gasteiger partial charge in [-0.25, -0.2) is 0 Å². The molecule has 0 radical (unpaired) electrons. The van der Waals surface area contributed by atoms with Gasteiger partial charge in [0.1, 0.15) is 5.75 Å². The van der Waals surface area contributed by atoms with Crippen molar-refractivity contribution in [3.8, 4) is 16.9 Å². The van der Waals surface area contributed by atoms with E-state index >= 15 is 0 Å². The van der Waals surface area contributed by atoms with E-state index in [1.165, 1.54) is 17.7 Å². The lowest BCUT2D eigenvalue weighted by molar-refractivity contribution is -0.274. The maximum absolute atomic E-state index is 13.3. The highest BCUT2D eigenvalue weighted by atomic mass is 19.4. The van der Waals surface area contributed by atoms with Gasteiger partial charge >= 0.3 is 6.36 Å². The van der Waals surface area contributed by atoms with Crippen LogP contribution in [0.3, 0.4) is 0 Å². The van der Waals surface area contributed by atoms with Crippen LogP contribution in [0.1, 0.15) is 48.8 Å². The Morgan fingerprint density at radius 2 is 1.77 bits per heavy atom. The van der Waals surface area contributed by atoms with Crippen molar-refractivity contribution in [1.82, 2.24) is 10.2 Å². The molecule has 2 aliphatic heterocycles. The molecular weight excluding hydrogens is 405 g/mol.